The summed E-state index contributed by atoms with van der Waals surface area (Å²) in [6, 6.07) is 5.05. The second kappa shape index (κ2) is 7.81. The van der Waals surface area contributed by atoms with Gasteiger partial charge in [-0.25, -0.2) is 0 Å². The normalized spacial score (nSPS) is 19.6. The molecule has 128 valence electrons. The van der Waals surface area contributed by atoms with E-state index in [9.17, 15) is 18.0 Å². The average Bonchev–Trinajstić information content (AvgIpc) is 3.01. The van der Waals surface area contributed by atoms with Crippen LogP contribution in [0.3, 0.4) is 0 Å². The summed E-state index contributed by atoms with van der Waals surface area (Å²) in [4.78, 5) is 12.3. The molecule has 0 bridgehead atoms. The molecular formula is C17H23F3N2O. The zero-order valence-electron chi connectivity index (χ0n) is 13.2. The highest BCUT2D eigenvalue weighted by atomic mass is 19.4. The summed E-state index contributed by atoms with van der Waals surface area (Å²) in [6.45, 7) is 4.37. The van der Waals surface area contributed by atoms with Gasteiger partial charge in [0.2, 0.25) is 5.91 Å². The molecule has 1 aliphatic rings. The molecule has 1 amide bonds. The molecule has 1 saturated heterocycles. The van der Waals surface area contributed by atoms with Crippen LogP contribution in [0.5, 0.6) is 0 Å². The molecule has 6 heteroatoms. The lowest BCUT2D eigenvalue weighted by Crippen LogP contribution is -2.31. The predicted octanol–water partition coefficient (Wildman–Crippen LogP) is 3.31. The van der Waals surface area contributed by atoms with E-state index in [4.69, 9.17) is 0 Å². The first-order chi connectivity index (χ1) is 10.9. The van der Waals surface area contributed by atoms with Crippen molar-refractivity contribution in [1.82, 2.24) is 10.6 Å². The lowest BCUT2D eigenvalue weighted by atomic mass is 9.93. The van der Waals surface area contributed by atoms with Gasteiger partial charge in [-0.15, -0.1) is 0 Å². The first-order valence-electron chi connectivity index (χ1n) is 8.07. The Bertz CT molecular complexity index is 525. The number of halogens is 3. The minimum Gasteiger partial charge on any atom is -0.356 e. The Kier molecular flexibility index (Phi) is 6.04. The highest BCUT2D eigenvalue weighted by Crippen LogP contribution is 2.31. The molecule has 3 nitrogen and oxygen atoms in total. The van der Waals surface area contributed by atoms with Gasteiger partial charge in [-0.05, 0) is 49.9 Å². The zero-order chi connectivity index (χ0) is 16.9. The third-order valence-electron chi connectivity index (χ3n) is 4.36. The van der Waals surface area contributed by atoms with Crippen molar-refractivity contribution in [3.63, 3.8) is 0 Å². The van der Waals surface area contributed by atoms with Gasteiger partial charge in [-0.2, -0.15) is 13.2 Å². The van der Waals surface area contributed by atoms with Crippen LogP contribution < -0.4 is 10.6 Å². The average molecular weight is 328 g/mol. The van der Waals surface area contributed by atoms with Crippen molar-refractivity contribution in [1.29, 1.82) is 0 Å². The largest absolute Gasteiger partial charge is 0.416 e. The molecule has 1 fully saturated rings. The fourth-order valence-electron chi connectivity index (χ4n) is 2.99. The van der Waals surface area contributed by atoms with E-state index in [2.05, 4.69) is 10.6 Å². The van der Waals surface area contributed by atoms with Crippen molar-refractivity contribution >= 4 is 5.91 Å². The van der Waals surface area contributed by atoms with Gasteiger partial charge in [0.1, 0.15) is 0 Å². The zero-order valence-corrected chi connectivity index (χ0v) is 13.2. The molecule has 1 heterocycles. The second-order valence-electron chi connectivity index (χ2n) is 6.02. The molecule has 2 N–H and O–H groups in total. The van der Waals surface area contributed by atoms with Crippen molar-refractivity contribution in [3.8, 4) is 0 Å². The van der Waals surface area contributed by atoms with Crippen LogP contribution in [0.15, 0.2) is 24.3 Å². The molecule has 2 unspecified atom stereocenters. The molecular weight excluding hydrogens is 305 g/mol. The minimum atomic E-state index is -4.39. The van der Waals surface area contributed by atoms with Gasteiger partial charge in [-0.3, -0.25) is 4.79 Å². The van der Waals surface area contributed by atoms with Crippen molar-refractivity contribution in [2.45, 2.75) is 38.3 Å². The van der Waals surface area contributed by atoms with Crippen molar-refractivity contribution in [2.24, 2.45) is 5.92 Å². The van der Waals surface area contributed by atoms with Crippen LogP contribution in [0.4, 0.5) is 13.2 Å². The third kappa shape index (κ3) is 4.96. The summed E-state index contributed by atoms with van der Waals surface area (Å²) in [5.74, 6) is -0.166. The molecule has 0 aromatic heterocycles. The topological polar surface area (TPSA) is 41.1 Å². The molecule has 1 aliphatic heterocycles. The summed E-state index contributed by atoms with van der Waals surface area (Å²) < 4.78 is 38.4. The van der Waals surface area contributed by atoms with Gasteiger partial charge in [0.25, 0.3) is 0 Å². The van der Waals surface area contributed by atoms with Crippen LogP contribution in [0.1, 0.15) is 43.2 Å². The Balaban J connectivity index is 1.96. The minimum absolute atomic E-state index is 0.196. The summed E-state index contributed by atoms with van der Waals surface area (Å²) in [5, 5.41) is 6.14. The van der Waals surface area contributed by atoms with Gasteiger partial charge >= 0.3 is 6.18 Å². The van der Waals surface area contributed by atoms with Gasteiger partial charge < -0.3 is 10.6 Å². The lowest BCUT2D eigenvalue weighted by molar-refractivity contribution is -0.137. The van der Waals surface area contributed by atoms with Gasteiger partial charge in [0.05, 0.1) is 11.5 Å². The first-order valence-corrected chi connectivity index (χ1v) is 8.07. The second-order valence-corrected chi connectivity index (χ2v) is 6.02. The number of amides is 1. The molecule has 1 aromatic rings. The van der Waals surface area contributed by atoms with E-state index in [1.54, 1.807) is 6.07 Å². The number of carbonyl (C=O) groups excluding carboxylic acids is 1. The van der Waals surface area contributed by atoms with Crippen LogP contribution >= 0.6 is 0 Å². The molecule has 23 heavy (non-hydrogen) atoms. The number of hydrogen-bond acceptors (Lipinski definition) is 2. The van der Waals surface area contributed by atoms with E-state index in [1.807, 2.05) is 6.92 Å². The molecule has 0 aliphatic carbocycles. The van der Waals surface area contributed by atoms with Crippen LogP contribution in [0.2, 0.25) is 0 Å². The molecule has 2 rings (SSSR count). The number of alkyl halides is 3. The maximum atomic E-state index is 12.8. The maximum absolute atomic E-state index is 12.8. The van der Waals surface area contributed by atoms with Crippen LogP contribution in [-0.4, -0.2) is 25.5 Å². The van der Waals surface area contributed by atoms with E-state index in [0.717, 1.165) is 38.1 Å². The molecule has 1 aromatic carbocycles. The quantitative estimate of drug-likeness (QED) is 0.841. The molecule has 2 atom stereocenters. The summed E-state index contributed by atoms with van der Waals surface area (Å²) in [5.41, 5.74) is -0.291. The Labute approximate surface area is 134 Å². The first kappa shape index (κ1) is 17.8. The SMILES string of the molecule is CCC(C(=O)NCCC1CCNC1)c1cccc(C(F)(F)F)c1. The van der Waals surface area contributed by atoms with Gasteiger partial charge in [0, 0.05) is 6.54 Å². The molecule has 0 saturated carbocycles. The number of benzene rings is 1. The Morgan fingerprint density at radius 3 is 2.83 bits per heavy atom. The number of carbonyl (C=O) groups is 1. The monoisotopic (exact) mass is 328 g/mol. The van der Waals surface area contributed by atoms with Crippen LogP contribution in [-0.2, 0) is 11.0 Å². The molecule has 0 radical (unpaired) electrons. The fraction of sp³-hybridized carbons (Fsp3) is 0.588. The Hall–Kier alpha value is -1.56. The van der Waals surface area contributed by atoms with Crippen molar-refractivity contribution in [3.05, 3.63) is 35.4 Å². The predicted molar refractivity (Wildman–Crippen MR) is 83.1 cm³/mol. The van der Waals surface area contributed by atoms with E-state index in [-0.39, 0.29) is 5.91 Å². The summed E-state index contributed by atoms with van der Waals surface area (Å²) in [6.07, 6.45) is -1.91. The standard InChI is InChI=1S/C17H23F3N2O/c1-2-15(13-4-3-5-14(10-13)17(18,19)20)16(23)22-9-7-12-6-8-21-11-12/h3-5,10,12,15,21H,2,6-9,11H2,1H3,(H,22,23). The summed E-state index contributed by atoms with van der Waals surface area (Å²) >= 11 is 0. The van der Waals surface area contributed by atoms with Crippen LogP contribution in [0, 0.1) is 5.92 Å². The van der Waals surface area contributed by atoms with Crippen LogP contribution in [0.25, 0.3) is 0 Å². The highest BCUT2D eigenvalue weighted by Gasteiger charge is 2.31. The highest BCUT2D eigenvalue weighted by molar-refractivity contribution is 5.83. The van der Waals surface area contributed by atoms with E-state index >= 15 is 0 Å². The fourth-order valence-corrected chi connectivity index (χ4v) is 2.99. The number of rotatable bonds is 6. The van der Waals surface area contributed by atoms with E-state index < -0.39 is 17.7 Å². The smallest absolute Gasteiger partial charge is 0.356 e. The van der Waals surface area contributed by atoms with Gasteiger partial charge in [0.15, 0.2) is 0 Å². The van der Waals surface area contributed by atoms with E-state index in [0.29, 0.717) is 24.4 Å². The Morgan fingerprint density at radius 1 is 1.43 bits per heavy atom. The van der Waals surface area contributed by atoms with E-state index in [1.165, 1.54) is 6.07 Å². The van der Waals surface area contributed by atoms with Crippen molar-refractivity contribution < 1.29 is 18.0 Å². The van der Waals surface area contributed by atoms with Crippen molar-refractivity contribution in [2.75, 3.05) is 19.6 Å². The Morgan fingerprint density at radius 2 is 2.22 bits per heavy atom. The summed E-state index contributed by atoms with van der Waals surface area (Å²) in [7, 11) is 0. The molecule has 0 spiro atoms. The maximum Gasteiger partial charge on any atom is 0.416 e. The lowest BCUT2D eigenvalue weighted by Gasteiger charge is -2.18. The third-order valence-corrected chi connectivity index (χ3v) is 4.36. The van der Waals surface area contributed by atoms with Gasteiger partial charge in [-0.1, -0.05) is 25.1 Å². The number of nitrogens with one attached hydrogen (secondary N) is 2. The number of hydrogen-bond donors (Lipinski definition) is 2.